The van der Waals surface area contributed by atoms with Crippen molar-refractivity contribution in [3.05, 3.63) is 28.9 Å². The summed E-state index contributed by atoms with van der Waals surface area (Å²) < 4.78 is 22.1. The molecular weight excluding hydrogens is 282 g/mol. The Morgan fingerprint density at radius 3 is 2.40 bits per heavy atom. The van der Waals surface area contributed by atoms with Crippen LogP contribution in [-0.4, -0.2) is 31.4 Å². The van der Waals surface area contributed by atoms with Crippen LogP contribution in [0.25, 0.3) is 10.9 Å². The fourth-order valence-corrected chi connectivity index (χ4v) is 2.64. The van der Waals surface area contributed by atoms with E-state index in [4.69, 9.17) is 30.5 Å². The molecular formula is C14H12ClNO4. The second-order valence-corrected chi connectivity index (χ2v) is 4.99. The monoisotopic (exact) mass is 293 g/mol. The predicted octanol–water partition coefficient (Wildman–Crippen LogP) is 2.70. The van der Waals surface area contributed by atoms with Crippen LogP contribution in [0.2, 0.25) is 5.15 Å². The smallest absolute Gasteiger partial charge is 0.187 e. The number of ether oxygens (including phenoxy) is 4. The van der Waals surface area contributed by atoms with Gasteiger partial charge in [-0.15, -0.1) is 0 Å². The van der Waals surface area contributed by atoms with Gasteiger partial charge in [-0.05, 0) is 12.1 Å². The summed E-state index contributed by atoms with van der Waals surface area (Å²) in [6, 6.07) is 5.68. The molecule has 3 heterocycles. The third-order valence-electron chi connectivity index (χ3n) is 3.34. The molecule has 0 spiro atoms. The fraction of sp³-hybridized carbons (Fsp3) is 0.357. The molecule has 2 aliphatic rings. The Morgan fingerprint density at radius 1 is 0.950 bits per heavy atom. The molecule has 0 bridgehead atoms. The maximum Gasteiger partial charge on any atom is 0.187 e. The van der Waals surface area contributed by atoms with Crippen LogP contribution in [0, 0.1) is 0 Å². The molecule has 0 amide bonds. The molecule has 2 aliphatic heterocycles. The average Bonchev–Trinajstić information content (AvgIpc) is 2.98. The highest BCUT2D eigenvalue weighted by Crippen LogP contribution is 2.37. The average molecular weight is 294 g/mol. The number of nitrogens with zero attached hydrogens (tertiary/aromatic N) is 1. The lowest BCUT2D eigenvalue weighted by Crippen LogP contribution is -2.15. The maximum absolute atomic E-state index is 6.22. The molecule has 0 aliphatic carbocycles. The van der Waals surface area contributed by atoms with E-state index in [0.29, 0.717) is 37.3 Å². The SMILES string of the molecule is Clc1nc2cc3c(cc2cc1C1OCCO1)OCCO3. The van der Waals surface area contributed by atoms with Crippen molar-refractivity contribution in [3.8, 4) is 11.5 Å². The molecule has 1 aromatic carbocycles. The molecule has 0 N–H and O–H groups in total. The number of fused-ring (bicyclic) bond motifs is 2. The molecule has 1 saturated heterocycles. The van der Waals surface area contributed by atoms with Gasteiger partial charge in [0.15, 0.2) is 17.8 Å². The topological polar surface area (TPSA) is 49.8 Å². The van der Waals surface area contributed by atoms with Crippen molar-refractivity contribution in [2.24, 2.45) is 0 Å². The Morgan fingerprint density at radius 2 is 1.65 bits per heavy atom. The van der Waals surface area contributed by atoms with Gasteiger partial charge in [0.05, 0.1) is 18.7 Å². The lowest BCUT2D eigenvalue weighted by atomic mass is 10.1. The van der Waals surface area contributed by atoms with Crippen molar-refractivity contribution in [2.45, 2.75) is 6.29 Å². The van der Waals surface area contributed by atoms with E-state index in [2.05, 4.69) is 4.98 Å². The number of hydrogen-bond acceptors (Lipinski definition) is 5. The van der Waals surface area contributed by atoms with Crippen molar-refractivity contribution < 1.29 is 18.9 Å². The summed E-state index contributed by atoms with van der Waals surface area (Å²) in [5.74, 6) is 1.43. The van der Waals surface area contributed by atoms with Crippen LogP contribution in [0.15, 0.2) is 18.2 Å². The number of pyridine rings is 1. The Hall–Kier alpha value is -1.56. The summed E-state index contributed by atoms with van der Waals surface area (Å²) >= 11 is 6.22. The minimum absolute atomic E-state index is 0.390. The second kappa shape index (κ2) is 4.77. The molecule has 0 atom stereocenters. The molecule has 5 nitrogen and oxygen atoms in total. The van der Waals surface area contributed by atoms with Crippen LogP contribution in [0.4, 0.5) is 0 Å². The van der Waals surface area contributed by atoms with Crippen LogP contribution >= 0.6 is 11.6 Å². The number of hydrogen-bond donors (Lipinski definition) is 0. The largest absolute Gasteiger partial charge is 0.486 e. The first-order chi connectivity index (χ1) is 9.81. The van der Waals surface area contributed by atoms with Crippen LogP contribution in [0.1, 0.15) is 11.9 Å². The zero-order valence-corrected chi connectivity index (χ0v) is 11.4. The summed E-state index contributed by atoms with van der Waals surface area (Å²) in [5.41, 5.74) is 1.51. The van der Waals surface area contributed by atoms with Gasteiger partial charge in [-0.25, -0.2) is 4.98 Å². The van der Waals surface area contributed by atoms with Gasteiger partial charge < -0.3 is 18.9 Å². The maximum atomic E-state index is 6.22. The third-order valence-corrected chi connectivity index (χ3v) is 3.64. The minimum atomic E-state index is -0.437. The van der Waals surface area contributed by atoms with E-state index < -0.39 is 6.29 Å². The van der Waals surface area contributed by atoms with Gasteiger partial charge >= 0.3 is 0 Å². The summed E-state index contributed by atoms with van der Waals surface area (Å²) in [7, 11) is 0. The van der Waals surface area contributed by atoms with Crippen molar-refractivity contribution >= 4 is 22.5 Å². The highest BCUT2D eigenvalue weighted by atomic mass is 35.5. The number of benzene rings is 1. The van der Waals surface area contributed by atoms with Crippen molar-refractivity contribution in [2.75, 3.05) is 26.4 Å². The van der Waals surface area contributed by atoms with E-state index in [0.717, 1.165) is 22.2 Å². The van der Waals surface area contributed by atoms with Crippen LogP contribution in [0.3, 0.4) is 0 Å². The van der Waals surface area contributed by atoms with E-state index in [1.807, 2.05) is 18.2 Å². The first-order valence-corrected chi connectivity index (χ1v) is 6.82. The van der Waals surface area contributed by atoms with Gasteiger partial charge in [-0.1, -0.05) is 11.6 Å². The Balaban J connectivity index is 1.85. The standard InChI is InChI=1S/C14H12ClNO4/c15-13-9(14-19-3-4-20-14)5-8-6-11-12(7-10(8)16-13)18-2-1-17-11/h5-7,14H,1-4H2. The van der Waals surface area contributed by atoms with Gasteiger partial charge in [0, 0.05) is 17.0 Å². The fourth-order valence-electron chi connectivity index (χ4n) is 2.41. The van der Waals surface area contributed by atoms with Crippen LogP contribution in [0.5, 0.6) is 11.5 Å². The van der Waals surface area contributed by atoms with E-state index in [-0.39, 0.29) is 0 Å². The molecule has 104 valence electrons. The third kappa shape index (κ3) is 1.98. The molecule has 0 unspecified atom stereocenters. The number of rotatable bonds is 1. The summed E-state index contributed by atoms with van der Waals surface area (Å²) in [4.78, 5) is 4.40. The van der Waals surface area contributed by atoms with E-state index in [9.17, 15) is 0 Å². The molecule has 0 saturated carbocycles. The van der Waals surface area contributed by atoms with E-state index >= 15 is 0 Å². The Kier molecular flexibility index (Phi) is 2.91. The molecule has 4 rings (SSSR count). The lowest BCUT2D eigenvalue weighted by molar-refractivity contribution is -0.0441. The highest BCUT2D eigenvalue weighted by molar-refractivity contribution is 6.30. The Labute approximate surface area is 120 Å². The van der Waals surface area contributed by atoms with Gasteiger partial charge in [-0.3, -0.25) is 0 Å². The van der Waals surface area contributed by atoms with Crippen LogP contribution < -0.4 is 9.47 Å². The first kappa shape index (κ1) is 12.2. The zero-order valence-electron chi connectivity index (χ0n) is 10.6. The van der Waals surface area contributed by atoms with Gasteiger partial charge in [-0.2, -0.15) is 0 Å². The number of aromatic nitrogens is 1. The summed E-state index contributed by atoms with van der Waals surface area (Å²) in [6.45, 7) is 2.25. The quantitative estimate of drug-likeness (QED) is 0.757. The molecule has 1 aromatic heterocycles. The highest BCUT2D eigenvalue weighted by Gasteiger charge is 2.23. The predicted molar refractivity (Wildman–Crippen MR) is 72.4 cm³/mol. The van der Waals surface area contributed by atoms with Gasteiger partial charge in [0.25, 0.3) is 0 Å². The van der Waals surface area contributed by atoms with E-state index in [1.54, 1.807) is 0 Å². The summed E-state index contributed by atoms with van der Waals surface area (Å²) in [5, 5.41) is 1.31. The lowest BCUT2D eigenvalue weighted by Gasteiger charge is -2.19. The summed E-state index contributed by atoms with van der Waals surface area (Å²) in [6.07, 6.45) is -0.437. The van der Waals surface area contributed by atoms with Crippen LogP contribution in [-0.2, 0) is 9.47 Å². The second-order valence-electron chi connectivity index (χ2n) is 4.63. The normalized spacial score (nSPS) is 18.6. The van der Waals surface area contributed by atoms with Crippen molar-refractivity contribution in [3.63, 3.8) is 0 Å². The number of halogens is 1. The molecule has 0 radical (unpaired) electrons. The molecule has 6 heteroatoms. The zero-order chi connectivity index (χ0) is 13.5. The van der Waals surface area contributed by atoms with Crippen molar-refractivity contribution in [1.82, 2.24) is 4.98 Å². The Bertz CT molecular complexity index is 670. The molecule has 20 heavy (non-hydrogen) atoms. The van der Waals surface area contributed by atoms with Gasteiger partial charge in [0.2, 0.25) is 0 Å². The van der Waals surface area contributed by atoms with E-state index in [1.165, 1.54) is 0 Å². The molecule has 1 fully saturated rings. The van der Waals surface area contributed by atoms with Crippen molar-refractivity contribution in [1.29, 1.82) is 0 Å². The minimum Gasteiger partial charge on any atom is -0.486 e. The molecule has 2 aromatic rings. The first-order valence-electron chi connectivity index (χ1n) is 6.44. The van der Waals surface area contributed by atoms with Gasteiger partial charge in [0.1, 0.15) is 18.4 Å².